The molecule has 3 fully saturated rings. The number of methoxy groups -OCH3 is 1. The average Bonchev–Trinajstić information content (AvgIpc) is 3.41. The molecule has 6 rings (SSSR count). The maximum atomic E-state index is 11.9. The van der Waals surface area contributed by atoms with Gasteiger partial charge in [0.2, 0.25) is 9.04 Å². The van der Waals surface area contributed by atoms with E-state index in [1.165, 1.54) is 63.2 Å². The van der Waals surface area contributed by atoms with Gasteiger partial charge in [-0.05, 0) is 114 Å². The highest BCUT2D eigenvalue weighted by molar-refractivity contribution is 6.58. The van der Waals surface area contributed by atoms with E-state index in [1.807, 2.05) is 0 Å². The molecule has 0 saturated heterocycles. The van der Waals surface area contributed by atoms with Gasteiger partial charge < -0.3 is 9.16 Å². The number of esters is 1. The van der Waals surface area contributed by atoms with Crippen LogP contribution in [0.3, 0.4) is 0 Å². The van der Waals surface area contributed by atoms with E-state index in [0.29, 0.717) is 34.8 Å². The fraction of sp³-hybridized carbons (Fsp3) is 0.643. The summed E-state index contributed by atoms with van der Waals surface area (Å²) in [5, 5.41) is 0.0919. The van der Waals surface area contributed by atoms with Crippen molar-refractivity contribution in [1.29, 1.82) is 0 Å². The molecule has 2 aromatic rings. The van der Waals surface area contributed by atoms with Gasteiger partial charge in [-0.25, -0.2) is 0 Å². The minimum absolute atomic E-state index is 0.0564. The van der Waals surface area contributed by atoms with E-state index < -0.39 is 9.04 Å². The van der Waals surface area contributed by atoms with Crippen LogP contribution in [0, 0.1) is 40.4 Å². The van der Waals surface area contributed by atoms with Crippen molar-refractivity contribution in [2.45, 2.75) is 122 Å². The summed E-state index contributed by atoms with van der Waals surface area (Å²) in [5.41, 5.74) is 5.50. The van der Waals surface area contributed by atoms with Crippen LogP contribution in [-0.4, -0.2) is 28.2 Å². The van der Waals surface area contributed by atoms with E-state index in [0.717, 1.165) is 36.5 Å². The van der Waals surface area contributed by atoms with Gasteiger partial charge in [-0.15, -0.1) is 0 Å². The first kappa shape index (κ1) is 33.7. The zero-order valence-corrected chi connectivity index (χ0v) is 30.7. The lowest BCUT2D eigenvalue weighted by atomic mass is 9.47. The summed E-state index contributed by atoms with van der Waals surface area (Å²) in [7, 11) is 0.233. The van der Waals surface area contributed by atoms with Crippen LogP contribution in [0.2, 0.25) is 5.04 Å². The Morgan fingerprint density at radius 2 is 1.57 bits per heavy atom. The molecule has 0 amide bonds. The number of rotatable bonds is 9. The molecule has 1 radical (unpaired) electrons. The Morgan fingerprint density at radius 1 is 0.913 bits per heavy atom. The van der Waals surface area contributed by atoms with Crippen LogP contribution >= 0.6 is 0 Å². The average molecular weight is 640 g/mol. The second-order valence-electron chi connectivity index (χ2n) is 16.9. The third kappa shape index (κ3) is 6.34. The maximum Gasteiger partial charge on any atom is 0.305 e. The second-order valence-corrected chi connectivity index (χ2v) is 20.0. The largest absolute Gasteiger partial charge is 0.469 e. The van der Waals surface area contributed by atoms with Crippen molar-refractivity contribution in [3.8, 4) is 0 Å². The summed E-state index contributed by atoms with van der Waals surface area (Å²) in [6.07, 6.45) is 14.7. The SMILES string of the molecule is COC(=O)CC[C@@H](C)[C@H]1CC[C@H]2[C@@H]3CC=C4C[C@@H](O[Si](C(c5ccccc5)c5ccccc5)C(C)(C)C)CC[C@]4(C)[C@H]3CC[C@]12C. The van der Waals surface area contributed by atoms with Gasteiger partial charge in [-0.1, -0.05) is 114 Å². The quantitative estimate of drug-likeness (QED) is 0.156. The standard InChI is InChI=1S/C42H59O3Si/c1-29(18-23-38(43)44-7)35-21-22-36-34-20-19-32-28-33(24-26-41(32,5)37(34)25-27-42(35,36)6)45-46(40(2,3)4)39(30-14-10-8-11-15-30)31-16-12-9-13-17-31/h8-17,19,29,33-37,39H,18,20-28H2,1-7H3/t29-,33+,34+,35-,36+,37+,41+,42-/m1/s1. The van der Waals surface area contributed by atoms with E-state index >= 15 is 0 Å². The zero-order valence-electron chi connectivity index (χ0n) is 29.7. The molecule has 2 aromatic carbocycles. The molecular formula is C42H59O3Si. The van der Waals surface area contributed by atoms with Crippen LogP contribution in [0.4, 0.5) is 0 Å². The molecule has 0 aliphatic heterocycles. The molecule has 4 heteroatoms. The lowest BCUT2D eigenvalue weighted by molar-refractivity contribution is -0.141. The summed E-state index contributed by atoms with van der Waals surface area (Å²) < 4.78 is 12.4. The number of benzene rings is 2. The van der Waals surface area contributed by atoms with Crippen molar-refractivity contribution >= 4 is 15.0 Å². The van der Waals surface area contributed by atoms with Crippen LogP contribution < -0.4 is 0 Å². The van der Waals surface area contributed by atoms with Gasteiger partial charge in [-0.2, -0.15) is 0 Å². The predicted octanol–water partition coefficient (Wildman–Crippen LogP) is 10.7. The molecule has 0 heterocycles. The van der Waals surface area contributed by atoms with Crippen LogP contribution in [0.15, 0.2) is 72.3 Å². The van der Waals surface area contributed by atoms with Gasteiger partial charge in [0.25, 0.3) is 0 Å². The summed E-state index contributed by atoms with van der Waals surface area (Å²) >= 11 is 0. The molecule has 8 atom stereocenters. The molecule has 3 nitrogen and oxygen atoms in total. The Kier molecular flexibility index (Phi) is 9.81. The minimum Gasteiger partial charge on any atom is -0.469 e. The van der Waals surface area contributed by atoms with Crippen LogP contribution in [0.1, 0.15) is 122 Å². The summed E-state index contributed by atoms with van der Waals surface area (Å²) in [6.45, 7) is 14.9. The van der Waals surface area contributed by atoms with Crippen molar-refractivity contribution in [2.24, 2.45) is 40.4 Å². The van der Waals surface area contributed by atoms with E-state index in [-0.39, 0.29) is 11.0 Å². The predicted molar refractivity (Wildman–Crippen MR) is 191 cm³/mol. The van der Waals surface area contributed by atoms with Crippen molar-refractivity contribution in [2.75, 3.05) is 7.11 Å². The topological polar surface area (TPSA) is 35.5 Å². The van der Waals surface area contributed by atoms with Crippen LogP contribution in [0.5, 0.6) is 0 Å². The molecule has 4 aliphatic carbocycles. The molecule has 46 heavy (non-hydrogen) atoms. The highest BCUT2D eigenvalue weighted by Crippen LogP contribution is 2.67. The maximum absolute atomic E-state index is 11.9. The fourth-order valence-electron chi connectivity index (χ4n) is 11.0. The van der Waals surface area contributed by atoms with Crippen molar-refractivity contribution in [1.82, 2.24) is 0 Å². The van der Waals surface area contributed by atoms with E-state index in [2.05, 4.69) is 108 Å². The lowest BCUT2D eigenvalue weighted by Crippen LogP contribution is -2.51. The first-order valence-electron chi connectivity index (χ1n) is 18.4. The molecule has 249 valence electrons. The highest BCUT2D eigenvalue weighted by Gasteiger charge is 2.59. The molecule has 0 aromatic heterocycles. The monoisotopic (exact) mass is 639 g/mol. The Labute approximate surface area is 281 Å². The van der Waals surface area contributed by atoms with Gasteiger partial charge >= 0.3 is 5.97 Å². The van der Waals surface area contributed by atoms with E-state index in [9.17, 15) is 4.79 Å². The second kappa shape index (κ2) is 13.4. The van der Waals surface area contributed by atoms with Gasteiger partial charge in [0.15, 0.2) is 0 Å². The third-order valence-corrected chi connectivity index (χ3v) is 16.7. The normalized spacial score (nSPS) is 33.2. The van der Waals surface area contributed by atoms with E-state index in [4.69, 9.17) is 9.16 Å². The van der Waals surface area contributed by atoms with Crippen LogP contribution in [0.25, 0.3) is 0 Å². The van der Waals surface area contributed by atoms with Crippen molar-refractivity contribution in [3.63, 3.8) is 0 Å². The van der Waals surface area contributed by atoms with Gasteiger partial charge in [0.05, 0.1) is 7.11 Å². The molecule has 0 unspecified atom stereocenters. The first-order chi connectivity index (χ1) is 22.0. The Bertz CT molecular complexity index is 1320. The number of ether oxygens (including phenoxy) is 1. The minimum atomic E-state index is -1.28. The van der Waals surface area contributed by atoms with Gasteiger partial charge in [0.1, 0.15) is 0 Å². The molecular weight excluding hydrogens is 581 g/mol. The summed E-state index contributed by atoms with van der Waals surface area (Å²) in [6, 6.07) is 22.2. The number of fused-ring (bicyclic) bond motifs is 5. The Balaban J connectivity index is 1.19. The number of carbonyl (C=O) groups is 1. The molecule has 4 aliphatic rings. The highest BCUT2D eigenvalue weighted by atomic mass is 28.3. The Hall–Kier alpha value is -2.17. The van der Waals surface area contributed by atoms with Crippen LogP contribution in [-0.2, 0) is 14.0 Å². The summed E-state index contributed by atoms with van der Waals surface area (Å²) in [4.78, 5) is 11.9. The Morgan fingerprint density at radius 3 is 2.17 bits per heavy atom. The van der Waals surface area contributed by atoms with E-state index in [1.54, 1.807) is 5.57 Å². The molecule has 0 spiro atoms. The number of hydrogen-bond donors (Lipinski definition) is 0. The fourth-order valence-corrected chi connectivity index (χ4v) is 13.9. The lowest BCUT2D eigenvalue weighted by Gasteiger charge is -2.58. The summed E-state index contributed by atoms with van der Waals surface area (Å²) in [5.74, 6) is 3.67. The van der Waals surface area contributed by atoms with Crippen molar-refractivity contribution < 1.29 is 14.0 Å². The molecule has 0 bridgehead atoms. The van der Waals surface area contributed by atoms with Gasteiger partial charge in [-0.3, -0.25) is 4.79 Å². The van der Waals surface area contributed by atoms with Crippen molar-refractivity contribution in [3.05, 3.63) is 83.4 Å². The first-order valence-corrected chi connectivity index (χ1v) is 19.8. The van der Waals surface area contributed by atoms with Gasteiger partial charge in [0, 0.05) is 18.1 Å². The molecule has 3 saturated carbocycles. The number of carbonyl (C=O) groups excluding carboxylic acids is 1. The third-order valence-electron chi connectivity index (χ3n) is 13.4. The smallest absolute Gasteiger partial charge is 0.305 e. The zero-order chi connectivity index (χ0) is 32.7. The number of allylic oxidation sites excluding steroid dienone is 1. The molecule has 0 N–H and O–H groups in total. The number of hydrogen-bond acceptors (Lipinski definition) is 3.